The summed E-state index contributed by atoms with van der Waals surface area (Å²) in [4.78, 5) is 11.1. The number of carbonyl (C=O) groups is 1. The molecule has 0 aliphatic rings. The molecule has 0 spiro atoms. The van der Waals surface area contributed by atoms with E-state index >= 15 is 0 Å². The summed E-state index contributed by atoms with van der Waals surface area (Å²) in [6.07, 6.45) is 0. The first-order valence-electron chi connectivity index (χ1n) is 6.31. The maximum Gasteiger partial charge on any atom is 0.347 e. The number of carboxylic acids is 1. The van der Waals surface area contributed by atoms with Gasteiger partial charge < -0.3 is 9.84 Å². The highest BCUT2D eigenvalue weighted by molar-refractivity contribution is 7.25. The minimum Gasteiger partial charge on any atom is -0.478 e. The maximum absolute atomic E-state index is 11.1. The Morgan fingerprint density at radius 1 is 1.10 bits per heavy atom. The highest BCUT2D eigenvalue weighted by Gasteiger charge is 2.29. The van der Waals surface area contributed by atoms with Crippen LogP contribution >= 0.6 is 11.3 Å². The standard InChI is InChI=1S/C16H14O3S/c1-16(2,15(17)18)19-10-7-8-12-11-5-3-4-6-13(11)20-14(12)9-10/h3-9H,1-2H3,(H,17,18). The Kier molecular flexibility index (Phi) is 2.91. The smallest absolute Gasteiger partial charge is 0.347 e. The molecule has 0 saturated carbocycles. The molecule has 0 aliphatic heterocycles. The van der Waals surface area contributed by atoms with Crippen LogP contribution in [0.4, 0.5) is 0 Å². The van der Waals surface area contributed by atoms with Gasteiger partial charge in [0, 0.05) is 20.2 Å². The summed E-state index contributed by atoms with van der Waals surface area (Å²) >= 11 is 1.68. The first-order valence-corrected chi connectivity index (χ1v) is 7.13. The molecule has 0 atom stereocenters. The van der Waals surface area contributed by atoms with Crippen molar-refractivity contribution >= 4 is 37.5 Å². The van der Waals surface area contributed by atoms with Crippen molar-refractivity contribution in [3.05, 3.63) is 42.5 Å². The summed E-state index contributed by atoms with van der Waals surface area (Å²) in [5, 5.41) is 11.5. The summed E-state index contributed by atoms with van der Waals surface area (Å²) in [7, 11) is 0. The highest BCUT2D eigenvalue weighted by Crippen LogP contribution is 2.36. The molecular formula is C16H14O3S. The number of benzene rings is 2. The topological polar surface area (TPSA) is 46.5 Å². The zero-order valence-corrected chi connectivity index (χ0v) is 12.0. The normalized spacial score (nSPS) is 11.9. The third-order valence-corrected chi connectivity index (χ3v) is 4.37. The molecule has 0 fully saturated rings. The predicted molar refractivity (Wildman–Crippen MR) is 81.7 cm³/mol. The lowest BCUT2D eigenvalue weighted by molar-refractivity contribution is -0.152. The molecular weight excluding hydrogens is 272 g/mol. The average Bonchev–Trinajstić information content (AvgIpc) is 2.75. The minimum absolute atomic E-state index is 0.580. The number of hydrogen-bond donors (Lipinski definition) is 1. The molecule has 1 N–H and O–H groups in total. The van der Waals surface area contributed by atoms with E-state index in [2.05, 4.69) is 12.1 Å². The summed E-state index contributed by atoms with van der Waals surface area (Å²) < 4.78 is 7.90. The second-order valence-corrected chi connectivity index (χ2v) is 6.26. The molecule has 1 aromatic heterocycles. The number of thiophene rings is 1. The number of carboxylic acid groups (broad SMARTS) is 1. The number of rotatable bonds is 3. The quantitative estimate of drug-likeness (QED) is 0.781. The Balaban J connectivity index is 2.07. The monoisotopic (exact) mass is 286 g/mol. The Labute approximate surface area is 120 Å². The van der Waals surface area contributed by atoms with Crippen LogP contribution in [0.2, 0.25) is 0 Å². The molecule has 4 heteroatoms. The van der Waals surface area contributed by atoms with Crippen molar-refractivity contribution in [3.63, 3.8) is 0 Å². The summed E-state index contributed by atoms with van der Waals surface area (Å²) in [6.45, 7) is 3.09. The van der Waals surface area contributed by atoms with Crippen LogP contribution in [0.1, 0.15) is 13.8 Å². The number of aliphatic carboxylic acids is 1. The predicted octanol–water partition coefficient (Wildman–Crippen LogP) is 4.30. The third kappa shape index (κ3) is 2.12. The second kappa shape index (κ2) is 4.49. The van der Waals surface area contributed by atoms with Crippen molar-refractivity contribution in [3.8, 4) is 5.75 Å². The van der Waals surface area contributed by atoms with E-state index in [0.29, 0.717) is 5.75 Å². The van der Waals surface area contributed by atoms with Crippen LogP contribution in [0.25, 0.3) is 20.2 Å². The van der Waals surface area contributed by atoms with E-state index < -0.39 is 11.6 Å². The van der Waals surface area contributed by atoms with Crippen LogP contribution in [0.15, 0.2) is 42.5 Å². The van der Waals surface area contributed by atoms with Gasteiger partial charge >= 0.3 is 5.97 Å². The van der Waals surface area contributed by atoms with Crippen molar-refractivity contribution in [2.45, 2.75) is 19.4 Å². The SMILES string of the molecule is CC(C)(Oc1ccc2c(c1)sc1ccccc12)C(=O)O. The largest absolute Gasteiger partial charge is 0.478 e. The first kappa shape index (κ1) is 12.9. The molecule has 0 amide bonds. The Morgan fingerprint density at radius 3 is 2.55 bits per heavy atom. The molecule has 0 radical (unpaired) electrons. The molecule has 3 rings (SSSR count). The summed E-state index contributed by atoms with van der Waals surface area (Å²) in [6, 6.07) is 13.9. The Hall–Kier alpha value is -2.07. The molecule has 3 nitrogen and oxygen atoms in total. The van der Waals surface area contributed by atoms with Crippen molar-refractivity contribution in [2.75, 3.05) is 0 Å². The zero-order chi connectivity index (χ0) is 14.3. The fourth-order valence-corrected chi connectivity index (χ4v) is 3.24. The number of hydrogen-bond acceptors (Lipinski definition) is 3. The fourth-order valence-electron chi connectivity index (χ4n) is 2.11. The van der Waals surface area contributed by atoms with Crippen LogP contribution < -0.4 is 4.74 Å². The van der Waals surface area contributed by atoms with Crippen molar-refractivity contribution in [1.82, 2.24) is 0 Å². The lowest BCUT2D eigenvalue weighted by atomic mass is 10.1. The summed E-state index contributed by atoms with van der Waals surface area (Å²) in [5.41, 5.74) is -1.23. The van der Waals surface area contributed by atoms with Crippen molar-refractivity contribution in [1.29, 1.82) is 0 Å². The molecule has 1 heterocycles. The van der Waals surface area contributed by atoms with Crippen LogP contribution in [-0.2, 0) is 4.79 Å². The van der Waals surface area contributed by atoms with E-state index in [4.69, 9.17) is 9.84 Å². The van der Waals surface area contributed by atoms with E-state index in [1.54, 1.807) is 25.2 Å². The molecule has 3 aromatic rings. The van der Waals surface area contributed by atoms with E-state index in [1.165, 1.54) is 15.5 Å². The van der Waals surface area contributed by atoms with Gasteiger partial charge in [0.05, 0.1) is 0 Å². The molecule has 0 bridgehead atoms. The second-order valence-electron chi connectivity index (χ2n) is 5.17. The van der Waals surface area contributed by atoms with E-state index in [1.807, 2.05) is 30.3 Å². The minimum atomic E-state index is -1.23. The van der Waals surface area contributed by atoms with Gasteiger partial charge in [-0.1, -0.05) is 18.2 Å². The summed E-state index contributed by atoms with van der Waals surface area (Å²) in [5.74, 6) is -0.398. The van der Waals surface area contributed by atoms with Crippen LogP contribution in [0.5, 0.6) is 5.75 Å². The highest BCUT2D eigenvalue weighted by atomic mass is 32.1. The van der Waals surface area contributed by atoms with Gasteiger partial charge in [0.1, 0.15) is 5.75 Å². The van der Waals surface area contributed by atoms with E-state index in [9.17, 15) is 4.79 Å². The average molecular weight is 286 g/mol. The first-order chi connectivity index (χ1) is 9.47. The van der Waals surface area contributed by atoms with Crippen LogP contribution in [0, 0.1) is 0 Å². The zero-order valence-electron chi connectivity index (χ0n) is 11.2. The van der Waals surface area contributed by atoms with Gasteiger partial charge in [-0.05, 0) is 38.1 Å². The van der Waals surface area contributed by atoms with Gasteiger partial charge in [-0.3, -0.25) is 0 Å². The fraction of sp³-hybridized carbons (Fsp3) is 0.188. The van der Waals surface area contributed by atoms with Crippen molar-refractivity contribution in [2.24, 2.45) is 0 Å². The molecule has 2 aromatic carbocycles. The van der Waals surface area contributed by atoms with Crippen LogP contribution in [-0.4, -0.2) is 16.7 Å². The molecule has 0 saturated heterocycles. The lowest BCUT2D eigenvalue weighted by Crippen LogP contribution is -2.37. The van der Waals surface area contributed by atoms with E-state index in [-0.39, 0.29) is 0 Å². The molecule has 102 valence electrons. The van der Waals surface area contributed by atoms with Gasteiger partial charge in [-0.25, -0.2) is 4.79 Å². The maximum atomic E-state index is 11.1. The third-order valence-electron chi connectivity index (χ3n) is 3.24. The molecule has 20 heavy (non-hydrogen) atoms. The Bertz CT molecular complexity index is 802. The van der Waals surface area contributed by atoms with E-state index in [0.717, 1.165) is 4.70 Å². The van der Waals surface area contributed by atoms with Gasteiger partial charge in [0.15, 0.2) is 5.60 Å². The molecule has 0 aliphatic carbocycles. The number of fused-ring (bicyclic) bond motifs is 3. The van der Waals surface area contributed by atoms with Crippen LogP contribution in [0.3, 0.4) is 0 Å². The molecule has 0 unspecified atom stereocenters. The van der Waals surface area contributed by atoms with Gasteiger partial charge in [0.25, 0.3) is 0 Å². The number of ether oxygens (including phenoxy) is 1. The van der Waals surface area contributed by atoms with Gasteiger partial charge in [-0.15, -0.1) is 11.3 Å². The lowest BCUT2D eigenvalue weighted by Gasteiger charge is -2.21. The van der Waals surface area contributed by atoms with Gasteiger partial charge in [0.2, 0.25) is 0 Å². The van der Waals surface area contributed by atoms with Gasteiger partial charge in [-0.2, -0.15) is 0 Å². The Morgan fingerprint density at radius 2 is 1.80 bits per heavy atom. The van der Waals surface area contributed by atoms with Crippen molar-refractivity contribution < 1.29 is 14.6 Å².